The van der Waals surface area contributed by atoms with Gasteiger partial charge in [-0.2, -0.15) is 0 Å². The molecule has 0 spiro atoms. The molecule has 1 unspecified atom stereocenters. The quantitative estimate of drug-likeness (QED) is 0.376. The fourth-order valence-corrected chi connectivity index (χ4v) is 3.58. The van der Waals surface area contributed by atoms with Gasteiger partial charge in [0.15, 0.2) is 0 Å². The zero-order valence-corrected chi connectivity index (χ0v) is 18.5. The second-order valence-electron chi connectivity index (χ2n) is 8.06. The van der Waals surface area contributed by atoms with Crippen molar-refractivity contribution < 1.29 is 29.1 Å². The summed E-state index contributed by atoms with van der Waals surface area (Å²) in [6.07, 6.45) is 6.76. The topological polar surface area (TPSA) is 116 Å². The molecule has 2 aromatic carbocycles. The second kappa shape index (κ2) is 11.3. The summed E-state index contributed by atoms with van der Waals surface area (Å²) in [6.45, 7) is 1.89. The highest BCUT2D eigenvalue weighted by atomic mass is 16.6. The Morgan fingerprint density at radius 3 is 2.61 bits per heavy atom. The highest BCUT2D eigenvalue weighted by Gasteiger charge is 2.21. The first-order valence-electron chi connectivity index (χ1n) is 11.0. The van der Waals surface area contributed by atoms with E-state index in [0.717, 1.165) is 0 Å². The van der Waals surface area contributed by atoms with Crippen LogP contribution in [-0.2, 0) is 16.1 Å². The molecule has 0 amide bonds. The van der Waals surface area contributed by atoms with E-state index in [0.29, 0.717) is 55.4 Å². The lowest BCUT2D eigenvalue weighted by molar-refractivity contribution is -0.384. The van der Waals surface area contributed by atoms with Gasteiger partial charge in [0, 0.05) is 31.0 Å². The van der Waals surface area contributed by atoms with E-state index in [1.54, 1.807) is 31.2 Å². The van der Waals surface area contributed by atoms with Crippen molar-refractivity contribution in [2.45, 2.75) is 58.2 Å². The van der Waals surface area contributed by atoms with Gasteiger partial charge in [0.2, 0.25) is 0 Å². The molecule has 0 fully saturated rings. The predicted octanol–water partition coefficient (Wildman–Crippen LogP) is 5.36. The zero-order chi connectivity index (χ0) is 23.8. The second-order valence-corrected chi connectivity index (χ2v) is 8.06. The molecule has 3 rings (SSSR count). The van der Waals surface area contributed by atoms with Gasteiger partial charge in [0.05, 0.1) is 11.0 Å². The zero-order valence-electron chi connectivity index (χ0n) is 18.5. The van der Waals surface area contributed by atoms with Crippen molar-refractivity contribution in [3.8, 4) is 11.5 Å². The Morgan fingerprint density at radius 2 is 1.88 bits per heavy atom. The Morgan fingerprint density at radius 1 is 1.15 bits per heavy atom. The summed E-state index contributed by atoms with van der Waals surface area (Å²) in [5.74, 6) is -0.342. The number of fused-ring (bicyclic) bond motifs is 1. The molecule has 0 aromatic heterocycles. The van der Waals surface area contributed by atoms with Gasteiger partial charge >= 0.3 is 5.97 Å². The number of esters is 1. The molecular formula is C25H27NO7. The highest BCUT2D eigenvalue weighted by molar-refractivity contribution is 5.97. The van der Waals surface area contributed by atoms with E-state index >= 15 is 0 Å². The van der Waals surface area contributed by atoms with Gasteiger partial charge in [-0.1, -0.05) is 12.2 Å². The monoisotopic (exact) mass is 453 g/mol. The van der Waals surface area contributed by atoms with Crippen LogP contribution < -0.4 is 4.74 Å². The van der Waals surface area contributed by atoms with Crippen LogP contribution in [0.15, 0.2) is 42.5 Å². The van der Waals surface area contributed by atoms with E-state index in [1.807, 2.05) is 6.08 Å². The van der Waals surface area contributed by atoms with E-state index < -0.39 is 10.9 Å². The molecule has 174 valence electrons. The number of benzene rings is 2. The number of ketones is 1. The number of non-ortho nitro benzene ring substituents is 1. The van der Waals surface area contributed by atoms with Crippen molar-refractivity contribution in [2.75, 3.05) is 0 Å². The fourth-order valence-electron chi connectivity index (χ4n) is 3.58. The minimum Gasteiger partial charge on any atom is -0.507 e. The molecule has 1 N–H and O–H groups in total. The number of phenols is 1. The van der Waals surface area contributed by atoms with Crippen molar-refractivity contribution in [1.82, 2.24) is 0 Å². The van der Waals surface area contributed by atoms with E-state index in [-0.39, 0.29) is 35.5 Å². The molecule has 1 aliphatic rings. The van der Waals surface area contributed by atoms with Crippen LogP contribution in [0.1, 0.15) is 66.9 Å². The first-order chi connectivity index (χ1) is 15.8. The number of Topliss-reactive ketones (excluding diaryl/α,β-unsaturated/α-hetero) is 1. The Kier molecular flexibility index (Phi) is 8.18. The minimum atomic E-state index is -0.634. The molecule has 8 nitrogen and oxygen atoms in total. The largest absolute Gasteiger partial charge is 0.507 e. The average Bonchev–Trinajstić information content (AvgIpc) is 2.76. The molecule has 1 heterocycles. The van der Waals surface area contributed by atoms with Gasteiger partial charge in [0.1, 0.15) is 29.5 Å². The van der Waals surface area contributed by atoms with Crippen LogP contribution in [0.3, 0.4) is 0 Å². The molecule has 0 saturated carbocycles. The summed E-state index contributed by atoms with van der Waals surface area (Å²) in [7, 11) is 0. The minimum absolute atomic E-state index is 0.0118. The first-order valence-corrected chi connectivity index (χ1v) is 11.0. The smallest absolute Gasteiger partial charge is 0.342 e. The van der Waals surface area contributed by atoms with E-state index in [1.165, 1.54) is 18.2 Å². The summed E-state index contributed by atoms with van der Waals surface area (Å²) in [6, 6.07) is 8.97. The Balaban J connectivity index is 1.82. The number of hydrogen-bond donors (Lipinski definition) is 1. The third kappa shape index (κ3) is 6.90. The van der Waals surface area contributed by atoms with Crippen molar-refractivity contribution in [3.05, 3.63) is 69.3 Å². The van der Waals surface area contributed by atoms with Gasteiger partial charge in [-0.3, -0.25) is 14.9 Å². The van der Waals surface area contributed by atoms with Gasteiger partial charge < -0.3 is 14.6 Å². The van der Waals surface area contributed by atoms with E-state index in [2.05, 4.69) is 0 Å². The Bertz CT molecular complexity index is 1040. The molecule has 0 radical (unpaired) electrons. The van der Waals surface area contributed by atoms with Crippen LogP contribution in [0.4, 0.5) is 5.69 Å². The highest BCUT2D eigenvalue weighted by Crippen LogP contribution is 2.31. The number of phenolic OH excluding ortho intramolecular Hbond substituents is 1. The van der Waals surface area contributed by atoms with Crippen LogP contribution >= 0.6 is 0 Å². The van der Waals surface area contributed by atoms with Crippen LogP contribution in [0.25, 0.3) is 6.08 Å². The maximum Gasteiger partial charge on any atom is 0.342 e. The third-order valence-electron chi connectivity index (χ3n) is 5.38. The number of ether oxygens (including phenoxy) is 2. The molecule has 8 heteroatoms. The van der Waals surface area contributed by atoms with Crippen LogP contribution in [0.2, 0.25) is 0 Å². The SMILES string of the molecule is CC1CCCC(=O)CCCC=Cc2cc(OCc3ccc([N+](=O)[O-])cc3)cc(O)c2C(=O)O1. The van der Waals surface area contributed by atoms with Crippen molar-refractivity contribution in [2.24, 2.45) is 0 Å². The average molecular weight is 453 g/mol. The van der Waals surface area contributed by atoms with Gasteiger partial charge in [-0.05, 0) is 61.9 Å². The number of nitro groups is 1. The van der Waals surface area contributed by atoms with Crippen LogP contribution in [0.5, 0.6) is 11.5 Å². The lowest BCUT2D eigenvalue weighted by Gasteiger charge is -2.16. The summed E-state index contributed by atoms with van der Waals surface area (Å²) in [5, 5.41) is 21.4. The standard InChI is InChI=1S/C25H27NO7/c1-17-6-5-9-21(27)8-4-2-3-7-19-14-22(15-23(28)24(19)25(29)33-17)32-16-18-10-12-20(13-11-18)26(30)31/h3,7,10-15,17,28H,2,4-6,8-9,16H2,1H3. The normalized spacial score (nSPS) is 17.5. The molecule has 1 atom stereocenters. The lowest BCUT2D eigenvalue weighted by Crippen LogP contribution is -2.17. The van der Waals surface area contributed by atoms with Crippen LogP contribution in [0, 0.1) is 10.1 Å². The lowest BCUT2D eigenvalue weighted by atomic mass is 10.0. The fraction of sp³-hybridized carbons (Fsp3) is 0.360. The predicted molar refractivity (Wildman–Crippen MR) is 122 cm³/mol. The summed E-state index contributed by atoms with van der Waals surface area (Å²) in [5.41, 5.74) is 1.22. The number of nitrogens with zero attached hydrogens (tertiary/aromatic N) is 1. The number of rotatable bonds is 4. The molecular weight excluding hydrogens is 426 g/mol. The first kappa shape index (κ1) is 24.0. The van der Waals surface area contributed by atoms with Crippen molar-refractivity contribution >= 4 is 23.5 Å². The Labute approximate surface area is 192 Å². The number of nitro benzene ring substituents is 1. The number of hydrogen-bond acceptors (Lipinski definition) is 7. The van der Waals surface area contributed by atoms with Crippen LogP contribution in [-0.4, -0.2) is 27.9 Å². The molecule has 0 bridgehead atoms. The number of allylic oxidation sites excluding steroid dienone is 1. The summed E-state index contributed by atoms with van der Waals surface area (Å²) >= 11 is 0. The summed E-state index contributed by atoms with van der Waals surface area (Å²) < 4.78 is 11.3. The number of aromatic hydroxyl groups is 1. The molecule has 1 aliphatic heterocycles. The van der Waals surface area contributed by atoms with Crippen molar-refractivity contribution in [3.63, 3.8) is 0 Å². The van der Waals surface area contributed by atoms with Gasteiger partial charge in [-0.25, -0.2) is 4.79 Å². The number of cyclic esters (lactones) is 1. The Hall–Kier alpha value is -3.68. The number of carbonyl (C=O) groups is 2. The van der Waals surface area contributed by atoms with E-state index in [9.17, 15) is 24.8 Å². The van der Waals surface area contributed by atoms with Crippen molar-refractivity contribution in [1.29, 1.82) is 0 Å². The van der Waals surface area contributed by atoms with Gasteiger partial charge in [-0.15, -0.1) is 0 Å². The van der Waals surface area contributed by atoms with Gasteiger partial charge in [0.25, 0.3) is 5.69 Å². The maximum atomic E-state index is 12.8. The maximum absolute atomic E-state index is 12.8. The third-order valence-corrected chi connectivity index (χ3v) is 5.38. The number of carbonyl (C=O) groups excluding carboxylic acids is 2. The molecule has 0 saturated heterocycles. The molecule has 2 aromatic rings. The summed E-state index contributed by atoms with van der Waals surface area (Å²) in [4.78, 5) is 35.0. The molecule has 33 heavy (non-hydrogen) atoms. The molecule has 0 aliphatic carbocycles. The van der Waals surface area contributed by atoms with E-state index in [4.69, 9.17) is 9.47 Å².